The Kier molecular flexibility index (Phi) is 5.25. The molecular weight excluding hydrogens is 365 g/mol. The number of benzene rings is 2. The van der Waals surface area contributed by atoms with Crippen LogP contribution >= 0.6 is 23.2 Å². The number of anilines is 1. The van der Waals surface area contributed by atoms with Crippen molar-refractivity contribution in [3.05, 3.63) is 45.9 Å². The van der Waals surface area contributed by atoms with Crippen molar-refractivity contribution in [1.29, 1.82) is 0 Å². The highest BCUT2D eigenvalue weighted by molar-refractivity contribution is 6.32. The molecule has 1 amide bonds. The average molecular weight is 382 g/mol. The van der Waals surface area contributed by atoms with Crippen LogP contribution in [0.1, 0.15) is 5.56 Å². The molecule has 0 aromatic heterocycles. The molecule has 3 rings (SSSR count). The molecule has 1 aliphatic heterocycles. The Morgan fingerprint density at radius 2 is 1.92 bits per heavy atom. The van der Waals surface area contributed by atoms with Crippen LogP contribution in [0.2, 0.25) is 10.0 Å². The molecule has 1 unspecified atom stereocenters. The highest BCUT2D eigenvalue weighted by Crippen LogP contribution is 2.36. The summed E-state index contributed by atoms with van der Waals surface area (Å²) in [5.74, 6) is 1.17. The average Bonchev–Trinajstić information content (AvgIpc) is 2.61. The lowest BCUT2D eigenvalue weighted by molar-refractivity contribution is -0.121. The third-order valence-corrected chi connectivity index (χ3v) is 4.56. The maximum atomic E-state index is 12.7. The molecule has 1 N–H and O–H groups in total. The summed E-state index contributed by atoms with van der Waals surface area (Å²) in [7, 11) is 3.02. The summed E-state index contributed by atoms with van der Waals surface area (Å²) in [5, 5.41) is 3.89. The van der Waals surface area contributed by atoms with Gasteiger partial charge >= 0.3 is 0 Å². The van der Waals surface area contributed by atoms with Gasteiger partial charge in [-0.05, 0) is 30.2 Å². The van der Waals surface area contributed by atoms with E-state index in [1.807, 2.05) is 12.1 Å². The van der Waals surface area contributed by atoms with Crippen molar-refractivity contribution >= 4 is 34.8 Å². The molecule has 132 valence electrons. The van der Waals surface area contributed by atoms with Gasteiger partial charge in [-0.1, -0.05) is 23.2 Å². The van der Waals surface area contributed by atoms with Crippen molar-refractivity contribution in [2.24, 2.45) is 5.92 Å². The van der Waals surface area contributed by atoms with Crippen LogP contribution < -0.4 is 19.5 Å². The topological polar surface area (TPSA) is 56.8 Å². The van der Waals surface area contributed by atoms with E-state index in [2.05, 4.69) is 5.32 Å². The van der Waals surface area contributed by atoms with Crippen molar-refractivity contribution in [2.75, 3.05) is 26.1 Å². The lowest BCUT2D eigenvalue weighted by Gasteiger charge is -2.25. The molecule has 0 spiro atoms. The van der Waals surface area contributed by atoms with Crippen molar-refractivity contribution in [3.63, 3.8) is 0 Å². The monoisotopic (exact) mass is 381 g/mol. The normalized spacial score (nSPS) is 15.8. The fourth-order valence-electron chi connectivity index (χ4n) is 2.72. The smallest absolute Gasteiger partial charge is 0.231 e. The largest absolute Gasteiger partial charge is 0.495 e. The van der Waals surface area contributed by atoms with E-state index < -0.39 is 0 Å². The molecule has 0 radical (unpaired) electrons. The highest BCUT2D eigenvalue weighted by Gasteiger charge is 2.27. The van der Waals surface area contributed by atoms with E-state index in [0.29, 0.717) is 40.3 Å². The molecule has 1 atom stereocenters. The number of fused-ring (bicyclic) bond motifs is 1. The Labute approximate surface area is 155 Å². The van der Waals surface area contributed by atoms with Crippen LogP contribution in [0.4, 0.5) is 5.69 Å². The summed E-state index contributed by atoms with van der Waals surface area (Å²) >= 11 is 12.1. The molecule has 1 aliphatic rings. The first-order valence-corrected chi connectivity index (χ1v) is 8.41. The van der Waals surface area contributed by atoms with Crippen molar-refractivity contribution in [1.82, 2.24) is 0 Å². The van der Waals surface area contributed by atoms with Crippen LogP contribution in [0.15, 0.2) is 30.3 Å². The molecule has 2 aromatic rings. The molecule has 7 heteroatoms. The number of rotatable bonds is 4. The molecule has 0 saturated carbocycles. The fourth-order valence-corrected chi connectivity index (χ4v) is 3.15. The first kappa shape index (κ1) is 17.7. The maximum absolute atomic E-state index is 12.7. The van der Waals surface area contributed by atoms with Gasteiger partial charge in [-0.15, -0.1) is 0 Å². The minimum atomic E-state index is -0.336. The Hall–Kier alpha value is -2.11. The van der Waals surface area contributed by atoms with Gasteiger partial charge in [0.2, 0.25) is 5.91 Å². The number of methoxy groups -OCH3 is 2. The summed E-state index contributed by atoms with van der Waals surface area (Å²) in [6.45, 7) is 0.299. The molecule has 0 fully saturated rings. The van der Waals surface area contributed by atoms with Gasteiger partial charge in [-0.3, -0.25) is 4.79 Å². The van der Waals surface area contributed by atoms with E-state index in [0.717, 1.165) is 11.3 Å². The number of ether oxygens (including phenoxy) is 3. The van der Waals surface area contributed by atoms with Crippen molar-refractivity contribution < 1.29 is 19.0 Å². The first-order chi connectivity index (χ1) is 12.0. The second-order valence-electron chi connectivity index (χ2n) is 5.64. The van der Waals surface area contributed by atoms with E-state index in [4.69, 9.17) is 37.4 Å². The number of hydrogen-bond acceptors (Lipinski definition) is 4. The molecule has 5 nitrogen and oxygen atoms in total. The van der Waals surface area contributed by atoms with E-state index in [1.165, 1.54) is 14.2 Å². The third kappa shape index (κ3) is 3.78. The summed E-state index contributed by atoms with van der Waals surface area (Å²) in [5.41, 5.74) is 1.41. The minimum Gasteiger partial charge on any atom is -0.495 e. The summed E-state index contributed by atoms with van der Waals surface area (Å²) in [6, 6.07) is 8.64. The van der Waals surface area contributed by atoms with E-state index in [9.17, 15) is 4.79 Å². The summed E-state index contributed by atoms with van der Waals surface area (Å²) < 4.78 is 16.2. The maximum Gasteiger partial charge on any atom is 0.231 e. The predicted molar refractivity (Wildman–Crippen MR) is 97.3 cm³/mol. The van der Waals surface area contributed by atoms with Gasteiger partial charge in [-0.2, -0.15) is 0 Å². The summed E-state index contributed by atoms with van der Waals surface area (Å²) in [6.07, 6.45) is 0.550. The van der Waals surface area contributed by atoms with Gasteiger partial charge in [0.25, 0.3) is 0 Å². The van der Waals surface area contributed by atoms with E-state index >= 15 is 0 Å². The molecule has 0 aliphatic carbocycles. The Morgan fingerprint density at radius 1 is 1.16 bits per heavy atom. The standard InChI is InChI=1S/C18H17Cl2NO4/c1-23-16-8-14(17(24-2)7-13(16)20)21-18(22)11-5-10-6-12(19)3-4-15(10)25-9-11/h3-4,6-8,11H,5,9H2,1-2H3,(H,21,22). The number of amides is 1. The van der Waals surface area contributed by atoms with Crippen LogP contribution in [0.5, 0.6) is 17.2 Å². The zero-order valence-electron chi connectivity index (χ0n) is 13.8. The van der Waals surface area contributed by atoms with Crippen LogP contribution in [0, 0.1) is 5.92 Å². The van der Waals surface area contributed by atoms with Gasteiger partial charge in [0.15, 0.2) is 0 Å². The number of carbonyl (C=O) groups excluding carboxylic acids is 1. The molecular formula is C18H17Cl2NO4. The van der Waals surface area contributed by atoms with Crippen LogP contribution in [0.25, 0.3) is 0 Å². The quantitative estimate of drug-likeness (QED) is 0.861. The lowest BCUT2D eigenvalue weighted by atomic mass is 9.96. The number of carbonyl (C=O) groups is 1. The number of halogens is 2. The molecule has 2 aromatic carbocycles. The Bertz CT molecular complexity index is 810. The first-order valence-electron chi connectivity index (χ1n) is 7.65. The predicted octanol–water partition coefficient (Wildman–Crippen LogP) is 4.20. The number of hydrogen-bond donors (Lipinski definition) is 1. The Balaban J connectivity index is 1.79. The highest BCUT2D eigenvalue weighted by atomic mass is 35.5. The van der Waals surface area contributed by atoms with Crippen LogP contribution in [0.3, 0.4) is 0 Å². The molecule has 1 heterocycles. The second-order valence-corrected chi connectivity index (χ2v) is 6.48. The summed E-state index contributed by atoms with van der Waals surface area (Å²) in [4.78, 5) is 12.7. The van der Waals surface area contributed by atoms with Gasteiger partial charge in [0, 0.05) is 17.2 Å². The lowest BCUT2D eigenvalue weighted by Crippen LogP contribution is -2.32. The van der Waals surface area contributed by atoms with Crippen molar-refractivity contribution in [2.45, 2.75) is 6.42 Å². The van der Waals surface area contributed by atoms with Crippen LogP contribution in [-0.2, 0) is 11.2 Å². The van der Waals surface area contributed by atoms with Crippen molar-refractivity contribution in [3.8, 4) is 17.2 Å². The SMILES string of the molecule is COc1cc(NC(=O)C2COc3ccc(Cl)cc3C2)c(OC)cc1Cl. The van der Waals surface area contributed by atoms with Gasteiger partial charge in [-0.25, -0.2) is 0 Å². The zero-order chi connectivity index (χ0) is 18.0. The van der Waals surface area contributed by atoms with Gasteiger partial charge in [0.05, 0.1) is 30.8 Å². The van der Waals surface area contributed by atoms with E-state index in [1.54, 1.807) is 18.2 Å². The van der Waals surface area contributed by atoms with Crippen LogP contribution in [-0.4, -0.2) is 26.7 Å². The molecule has 25 heavy (non-hydrogen) atoms. The van der Waals surface area contributed by atoms with Gasteiger partial charge < -0.3 is 19.5 Å². The molecule has 0 saturated heterocycles. The second kappa shape index (κ2) is 7.42. The third-order valence-electron chi connectivity index (χ3n) is 4.03. The molecule has 0 bridgehead atoms. The fraction of sp³-hybridized carbons (Fsp3) is 0.278. The minimum absolute atomic E-state index is 0.173. The van der Waals surface area contributed by atoms with E-state index in [-0.39, 0.29) is 11.8 Å². The number of nitrogens with one attached hydrogen (secondary N) is 1. The van der Waals surface area contributed by atoms with Gasteiger partial charge in [0.1, 0.15) is 23.9 Å². The zero-order valence-corrected chi connectivity index (χ0v) is 15.3. The Morgan fingerprint density at radius 3 is 2.64 bits per heavy atom.